The summed E-state index contributed by atoms with van der Waals surface area (Å²) in [5.41, 5.74) is -0.158. The molecule has 0 unspecified atom stereocenters. The lowest BCUT2D eigenvalue weighted by Gasteiger charge is -1.92. The van der Waals surface area contributed by atoms with E-state index in [0.29, 0.717) is 5.39 Å². The number of nitro benzene ring substituents is 1. The van der Waals surface area contributed by atoms with Crippen LogP contribution in [-0.2, 0) is 4.79 Å². The van der Waals surface area contributed by atoms with Gasteiger partial charge >= 0.3 is 0 Å². The third kappa shape index (κ3) is 1.46. The minimum Gasteiger partial charge on any atom is -0.459 e. The average Bonchev–Trinajstić information content (AvgIpc) is 2.70. The van der Waals surface area contributed by atoms with E-state index in [-0.39, 0.29) is 23.1 Å². The van der Waals surface area contributed by atoms with Gasteiger partial charge in [-0.25, -0.2) is 0 Å². The van der Waals surface area contributed by atoms with Crippen LogP contribution in [0.3, 0.4) is 0 Å². The number of hydrogen-bond donors (Lipinski definition) is 0. The molecular formula is C10H5NO5. The van der Waals surface area contributed by atoms with Crippen molar-refractivity contribution in [3.05, 3.63) is 40.3 Å². The molecule has 0 atom stereocenters. The summed E-state index contributed by atoms with van der Waals surface area (Å²) in [6.45, 7) is 0. The Morgan fingerprint density at radius 2 is 2.19 bits per heavy atom. The van der Waals surface area contributed by atoms with Crippen molar-refractivity contribution in [2.75, 3.05) is 0 Å². The summed E-state index contributed by atoms with van der Waals surface area (Å²) in [4.78, 5) is 31.4. The van der Waals surface area contributed by atoms with Gasteiger partial charge in [0.25, 0.3) is 11.5 Å². The molecule has 0 aliphatic heterocycles. The molecule has 0 aliphatic rings. The molecule has 80 valence electrons. The Bertz CT molecular complexity index is 598. The van der Waals surface area contributed by atoms with E-state index < -0.39 is 10.7 Å². The molecule has 0 radical (unpaired) electrons. The van der Waals surface area contributed by atoms with E-state index in [1.807, 2.05) is 0 Å². The summed E-state index contributed by atoms with van der Waals surface area (Å²) in [5, 5.41) is 11.3. The molecule has 0 bridgehead atoms. The van der Waals surface area contributed by atoms with Crippen LogP contribution in [-0.4, -0.2) is 17.0 Å². The van der Waals surface area contributed by atoms with Crippen molar-refractivity contribution >= 4 is 28.5 Å². The fourth-order valence-corrected chi connectivity index (χ4v) is 1.39. The van der Waals surface area contributed by atoms with E-state index >= 15 is 0 Å². The van der Waals surface area contributed by atoms with Gasteiger partial charge in [-0.15, -0.1) is 0 Å². The van der Waals surface area contributed by atoms with Gasteiger partial charge in [0.15, 0.2) is 12.0 Å². The zero-order valence-corrected chi connectivity index (χ0v) is 7.88. The molecule has 0 saturated heterocycles. The first-order valence-electron chi connectivity index (χ1n) is 4.28. The van der Waals surface area contributed by atoms with Gasteiger partial charge < -0.3 is 4.42 Å². The molecule has 0 amide bonds. The molecule has 1 aromatic carbocycles. The zero-order valence-electron chi connectivity index (χ0n) is 7.88. The Labute approximate surface area is 88.6 Å². The number of fused-ring (bicyclic) bond motifs is 1. The smallest absolute Gasteiger partial charge is 0.270 e. The maximum Gasteiger partial charge on any atom is 0.270 e. The number of carbonyl (C=O) groups is 2. The standard InChI is InChI=1S/C10H5NO5/c12-4-9(13)10-8-3-7(11(14)15)2-1-6(8)5-16-10/h1-5H. The van der Waals surface area contributed by atoms with Crippen LogP contribution in [0.5, 0.6) is 0 Å². The van der Waals surface area contributed by atoms with Crippen molar-refractivity contribution in [1.29, 1.82) is 0 Å². The van der Waals surface area contributed by atoms with Crippen LogP contribution in [0.2, 0.25) is 0 Å². The van der Waals surface area contributed by atoms with Crippen LogP contribution in [0.4, 0.5) is 5.69 Å². The monoisotopic (exact) mass is 219 g/mol. The Morgan fingerprint density at radius 1 is 1.44 bits per heavy atom. The van der Waals surface area contributed by atoms with Crippen LogP contribution in [0.1, 0.15) is 10.6 Å². The normalized spacial score (nSPS) is 10.2. The van der Waals surface area contributed by atoms with Crippen molar-refractivity contribution in [1.82, 2.24) is 0 Å². The van der Waals surface area contributed by atoms with E-state index in [4.69, 9.17) is 4.42 Å². The van der Waals surface area contributed by atoms with Gasteiger partial charge in [0.05, 0.1) is 11.2 Å². The Hall–Kier alpha value is -2.50. The van der Waals surface area contributed by atoms with Crippen LogP contribution >= 0.6 is 0 Å². The summed E-state index contributed by atoms with van der Waals surface area (Å²) in [5.74, 6) is -1.01. The molecule has 16 heavy (non-hydrogen) atoms. The number of benzene rings is 1. The Kier molecular flexibility index (Phi) is 2.24. The number of carbonyl (C=O) groups excluding carboxylic acids is 2. The Morgan fingerprint density at radius 3 is 2.81 bits per heavy atom. The van der Waals surface area contributed by atoms with Gasteiger partial charge in [0.2, 0.25) is 0 Å². The lowest BCUT2D eigenvalue weighted by atomic mass is 10.1. The molecule has 0 aliphatic carbocycles. The molecule has 0 fully saturated rings. The SMILES string of the molecule is O=CC(=O)c1occ2ccc([N+](=O)[O-])cc12. The van der Waals surface area contributed by atoms with Gasteiger partial charge in [-0.05, 0) is 6.07 Å². The topological polar surface area (TPSA) is 90.4 Å². The van der Waals surface area contributed by atoms with Crippen LogP contribution < -0.4 is 0 Å². The maximum absolute atomic E-state index is 11.1. The van der Waals surface area contributed by atoms with Gasteiger partial charge in [-0.2, -0.15) is 0 Å². The van der Waals surface area contributed by atoms with Gasteiger partial charge in [-0.3, -0.25) is 19.7 Å². The molecule has 1 heterocycles. The third-order valence-corrected chi connectivity index (χ3v) is 2.13. The molecule has 6 heteroatoms. The van der Waals surface area contributed by atoms with Crippen molar-refractivity contribution in [3.8, 4) is 0 Å². The van der Waals surface area contributed by atoms with Gasteiger partial charge in [0, 0.05) is 22.9 Å². The number of non-ortho nitro benzene ring substituents is 1. The highest BCUT2D eigenvalue weighted by atomic mass is 16.6. The van der Waals surface area contributed by atoms with Crippen molar-refractivity contribution in [3.63, 3.8) is 0 Å². The minimum absolute atomic E-state index is 0.108. The highest BCUT2D eigenvalue weighted by Crippen LogP contribution is 2.25. The molecule has 6 nitrogen and oxygen atoms in total. The first-order valence-corrected chi connectivity index (χ1v) is 4.28. The zero-order chi connectivity index (χ0) is 11.7. The summed E-state index contributed by atoms with van der Waals surface area (Å²) in [6.07, 6.45) is 1.38. The molecule has 1 aromatic heterocycles. The predicted octanol–water partition coefficient (Wildman–Crippen LogP) is 1.72. The number of Topliss-reactive ketones (excluding diaryl/α,β-unsaturated/α-hetero) is 1. The van der Waals surface area contributed by atoms with Crippen LogP contribution in [0.25, 0.3) is 10.8 Å². The van der Waals surface area contributed by atoms with E-state index in [9.17, 15) is 19.7 Å². The molecule has 0 saturated carbocycles. The largest absolute Gasteiger partial charge is 0.459 e. The van der Waals surface area contributed by atoms with E-state index in [0.717, 1.165) is 0 Å². The summed E-state index contributed by atoms with van der Waals surface area (Å²) >= 11 is 0. The Balaban J connectivity index is 2.69. The van der Waals surface area contributed by atoms with Crippen molar-refractivity contribution < 1.29 is 18.9 Å². The summed E-state index contributed by atoms with van der Waals surface area (Å²) in [7, 11) is 0. The maximum atomic E-state index is 11.1. The lowest BCUT2D eigenvalue weighted by Crippen LogP contribution is -1.98. The molecule has 0 spiro atoms. The second-order valence-electron chi connectivity index (χ2n) is 3.08. The van der Waals surface area contributed by atoms with E-state index in [1.165, 1.54) is 24.5 Å². The number of rotatable bonds is 3. The quantitative estimate of drug-likeness (QED) is 0.258. The minimum atomic E-state index is -0.838. The lowest BCUT2D eigenvalue weighted by molar-refractivity contribution is -0.384. The first kappa shape index (κ1) is 10.0. The van der Waals surface area contributed by atoms with E-state index in [1.54, 1.807) is 0 Å². The number of ketones is 1. The number of hydrogen-bond acceptors (Lipinski definition) is 5. The number of nitro groups is 1. The first-order chi connectivity index (χ1) is 7.63. The van der Waals surface area contributed by atoms with E-state index in [2.05, 4.69) is 0 Å². The van der Waals surface area contributed by atoms with Gasteiger partial charge in [-0.1, -0.05) is 0 Å². The van der Waals surface area contributed by atoms with Crippen molar-refractivity contribution in [2.24, 2.45) is 0 Å². The van der Waals surface area contributed by atoms with Crippen molar-refractivity contribution in [2.45, 2.75) is 0 Å². The fraction of sp³-hybridized carbons (Fsp3) is 0. The number of aldehydes is 1. The molecular weight excluding hydrogens is 214 g/mol. The molecule has 2 aromatic rings. The highest BCUT2D eigenvalue weighted by Gasteiger charge is 2.16. The van der Waals surface area contributed by atoms with Crippen LogP contribution in [0, 0.1) is 10.1 Å². The second-order valence-corrected chi connectivity index (χ2v) is 3.08. The summed E-state index contributed by atoms with van der Waals surface area (Å²) < 4.78 is 4.90. The summed E-state index contributed by atoms with van der Waals surface area (Å²) in [6, 6.07) is 3.96. The van der Waals surface area contributed by atoms with Crippen LogP contribution in [0.15, 0.2) is 28.9 Å². The average molecular weight is 219 g/mol. The highest BCUT2D eigenvalue weighted by molar-refractivity contribution is 6.35. The number of nitrogens with zero attached hydrogens (tertiary/aromatic N) is 1. The fourth-order valence-electron chi connectivity index (χ4n) is 1.39. The molecule has 2 rings (SSSR count). The second kappa shape index (κ2) is 3.58. The van der Waals surface area contributed by atoms with Gasteiger partial charge in [0.1, 0.15) is 0 Å². The third-order valence-electron chi connectivity index (χ3n) is 2.13. The molecule has 0 N–H and O–H groups in total. The predicted molar refractivity (Wildman–Crippen MR) is 53.3 cm³/mol. The number of furan rings is 1.